The van der Waals surface area contributed by atoms with E-state index in [0.29, 0.717) is 12.6 Å². The van der Waals surface area contributed by atoms with E-state index in [4.69, 9.17) is 0 Å². The first-order valence-electron chi connectivity index (χ1n) is 8.20. The third-order valence-corrected chi connectivity index (χ3v) is 5.03. The van der Waals surface area contributed by atoms with Gasteiger partial charge in [-0.25, -0.2) is 0 Å². The number of nitrogens with one attached hydrogen (secondary N) is 1. The minimum Gasteiger partial charge on any atom is -0.359 e. The number of aryl methyl sites for hydroxylation is 1. The van der Waals surface area contributed by atoms with Crippen LogP contribution in [0.1, 0.15) is 44.6 Å². The molecule has 2 aliphatic rings. The molecule has 1 heterocycles. The van der Waals surface area contributed by atoms with Gasteiger partial charge >= 0.3 is 0 Å². The van der Waals surface area contributed by atoms with Crippen LogP contribution in [0.3, 0.4) is 0 Å². The number of hydrogen-bond acceptors (Lipinski definition) is 3. The molecule has 0 saturated heterocycles. The summed E-state index contributed by atoms with van der Waals surface area (Å²) in [5.41, 5.74) is 1.84. The Bertz CT molecular complexity index is 599. The molecule has 1 saturated carbocycles. The number of fused-ring (bicyclic) bond motifs is 1. The Hall–Kier alpha value is -2.02. The van der Waals surface area contributed by atoms with Crippen LogP contribution in [-0.2, 0) is 11.2 Å². The van der Waals surface area contributed by atoms with Crippen LogP contribution < -0.4 is 10.2 Å². The van der Waals surface area contributed by atoms with Crippen molar-refractivity contribution in [3.8, 4) is 6.07 Å². The van der Waals surface area contributed by atoms with E-state index in [0.717, 1.165) is 44.2 Å². The van der Waals surface area contributed by atoms with Gasteiger partial charge in [-0.15, -0.1) is 0 Å². The maximum Gasteiger partial charge on any atom is 0.240 e. The van der Waals surface area contributed by atoms with E-state index in [2.05, 4.69) is 41.4 Å². The van der Waals surface area contributed by atoms with Crippen LogP contribution in [-0.4, -0.2) is 24.0 Å². The minimum atomic E-state index is -0.629. The molecule has 0 radical (unpaired) electrons. The topological polar surface area (TPSA) is 56.1 Å². The molecule has 0 aromatic heterocycles. The van der Waals surface area contributed by atoms with E-state index in [-0.39, 0.29) is 5.91 Å². The Morgan fingerprint density at radius 1 is 1.41 bits per heavy atom. The van der Waals surface area contributed by atoms with Gasteiger partial charge < -0.3 is 10.2 Å². The summed E-state index contributed by atoms with van der Waals surface area (Å²) >= 11 is 0. The van der Waals surface area contributed by atoms with Gasteiger partial charge in [0.1, 0.15) is 5.54 Å². The zero-order valence-electron chi connectivity index (χ0n) is 13.1. The molecule has 0 bridgehead atoms. The second-order valence-corrected chi connectivity index (χ2v) is 6.59. The van der Waals surface area contributed by atoms with E-state index in [1.54, 1.807) is 0 Å². The standard InChI is InChI=1S/C18H23N3O/c1-14-8-9-15-6-2-3-7-16(15)21(14)12-17(22)20-18(13-19)10-4-5-11-18/h2-3,6-7,14H,4-5,8-12H2,1H3,(H,20,22)/t14-/m0/s1. The van der Waals surface area contributed by atoms with Crippen LogP contribution in [0.25, 0.3) is 0 Å². The Morgan fingerprint density at radius 3 is 2.86 bits per heavy atom. The average molecular weight is 297 g/mol. The van der Waals surface area contributed by atoms with Crippen LogP contribution in [0.2, 0.25) is 0 Å². The highest BCUT2D eigenvalue weighted by Crippen LogP contribution is 2.31. The normalized spacial score (nSPS) is 22.7. The molecule has 1 aromatic rings. The maximum atomic E-state index is 12.5. The summed E-state index contributed by atoms with van der Waals surface area (Å²) in [5, 5.41) is 12.4. The van der Waals surface area contributed by atoms with E-state index < -0.39 is 5.54 Å². The van der Waals surface area contributed by atoms with Crippen LogP contribution >= 0.6 is 0 Å². The van der Waals surface area contributed by atoms with Crippen LogP contribution in [0, 0.1) is 11.3 Å². The van der Waals surface area contributed by atoms with Gasteiger partial charge in [0, 0.05) is 11.7 Å². The second kappa shape index (κ2) is 6.00. The number of amides is 1. The molecule has 0 unspecified atom stereocenters. The summed E-state index contributed by atoms with van der Waals surface area (Å²) in [6.07, 6.45) is 5.74. The summed E-state index contributed by atoms with van der Waals surface area (Å²) in [6, 6.07) is 11.0. The Labute approximate surface area is 132 Å². The first-order valence-corrected chi connectivity index (χ1v) is 8.20. The Balaban J connectivity index is 1.72. The summed E-state index contributed by atoms with van der Waals surface area (Å²) < 4.78 is 0. The lowest BCUT2D eigenvalue weighted by Crippen LogP contribution is -2.51. The van der Waals surface area contributed by atoms with Gasteiger partial charge in [0.2, 0.25) is 5.91 Å². The van der Waals surface area contributed by atoms with Gasteiger partial charge in [-0.1, -0.05) is 18.2 Å². The van der Waals surface area contributed by atoms with E-state index in [1.165, 1.54) is 5.56 Å². The fourth-order valence-corrected chi connectivity index (χ4v) is 3.71. The summed E-state index contributed by atoms with van der Waals surface area (Å²) in [6.45, 7) is 2.50. The number of nitriles is 1. The van der Waals surface area contributed by atoms with Gasteiger partial charge in [-0.2, -0.15) is 5.26 Å². The quantitative estimate of drug-likeness (QED) is 0.933. The molecule has 4 nitrogen and oxygen atoms in total. The van der Waals surface area contributed by atoms with Crippen LogP contribution in [0.15, 0.2) is 24.3 Å². The average Bonchev–Trinajstić information content (AvgIpc) is 2.99. The molecular weight excluding hydrogens is 274 g/mol. The number of nitrogens with zero attached hydrogens (tertiary/aromatic N) is 2. The van der Waals surface area contributed by atoms with Crippen molar-refractivity contribution in [1.29, 1.82) is 5.26 Å². The first-order chi connectivity index (χ1) is 10.6. The predicted octanol–water partition coefficient (Wildman–Crippen LogP) is 2.78. The Kier molecular flexibility index (Phi) is 4.06. The molecule has 1 N–H and O–H groups in total. The van der Waals surface area contributed by atoms with Crippen molar-refractivity contribution in [1.82, 2.24) is 5.32 Å². The molecule has 3 rings (SSSR count). The van der Waals surface area contributed by atoms with Gasteiger partial charge in [-0.05, 0) is 57.1 Å². The lowest BCUT2D eigenvalue weighted by molar-refractivity contribution is -0.121. The lowest BCUT2D eigenvalue weighted by atomic mass is 9.96. The van der Waals surface area contributed by atoms with Crippen molar-refractivity contribution >= 4 is 11.6 Å². The number of carbonyl (C=O) groups is 1. The highest BCUT2D eigenvalue weighted by atomic mass is 16.2. The smallest absolute Gasteiger partial charge is 0.240 e. The van der Waals surface area contributed by atoms with Gasteiger partial charge in [-0.3, -0.25) is 4.79 Å². The molecule has 0 spiro atoms. The molecular formula is C18H23N3O. The molecule has 22 heavy (non-hydrogen) atoms. The Morgan fingerprint density at radius 2 is 2.14 bits per heavy atom. The van der Waals surface area contributed by atoms with Crippen molar-refractivity contribution in [2.45, 2.75) is 57.0 Å². The van der Waals surface area contributed by atoms with Crippen molar-refractivity contribution in [3.05, 3.63) is 29.8 Å². The largest absolute Gasteiger partial charge is 0.359 e. The van der Waals surface area contributed by atoms with Crippen molar-refractivity contribution in [2.75, 3.05) is 11.4 Å². The lowest BCUT2D eigenvalue weighted by Gasteiger charge is -2.37. The summed E-state index contributed by atoms with van der Waals surface area (Å²) in [5.74, 6) is -0.0352. The van der Waals surface area contributed by atoms with Crippen molar-refractivity contribution in [2.24, 2.45) is 0 Å². The second-order valence-electron chi connectivity index (χ2n) is 6.59. The minimum absolute atomic E-state index is 0.0352. The number of carbonyl (C=O) groups excluding carboxylic acids is 1. The highest BCUT2D eigenvalue weighted by molar-refractivity contribution is 5.83. The van der Waals surface area contributed by atoms with Crippen molar-refractivity contribution < 1.29 is 4.79 Å². The number of rotatable bonds is 3. The van der Waals surface area contributed by atoms with Gasteiger partial charge in [0.15, 0.2) is 0 Å². The third kappa shape index (κ3) is 2.81. The SMILES string of the molecule is C[C@H]1CCc2ccccc2N1CC(=O)NC1(C#N)CCCC1. The molecule has 1 atom stereocenters. The molecule has 1 aromatic carbocycles. The summed E-state index contributed by atoms with van der Waals surface area (Å²) in [4.78, 5) is 14.7. The molecule has 1 amide bonds. The van der Waals surface area contributed by atoms with Crippen LogP contribution in [0.5, 0.6) is 0 Å². The third-order valence-electron chi connectivity index (χ3n) is 5.03. The molecule has 116 valence electrons. The molecule has 1 aliphatic carbocycles. The zero-order valence-corrected chi connectivity index (χ0v) is 13.1. The number of anilines is 1. The predicted molar refractivity (Wildman–Crippen MR) is 86.5 cm³/mol. The maximum absolute atomic E-state index is 12.5. The van der Waals surface area contributed by atoms with E-state index in [9.17, 15) is 10.1 Å². The van der Waals surface area contributed by atoms with Gasteiger partial charge in [0.25, 0.3) is 0 Å². The fourth-order valence-electron chi connectivity index (χ4n) is 3.71. The molecule has 1 fully saturated rings. The zero-order chi connectivity index (χ0) is 15.6. The highest BCUT2D eigenvalue weighted by Gasteiger charge is 2.36. The molecule has 1 aliphatic heterocycles. The number of para-hydroxylation sites is 1. The van der Waals surface area contributed by atoms with Crippen LogP contribution in [0.4, 0.5) is 5.69 Å². The van der Waals surface area contributed by atoms with Crippen molar-refractivity contribution in [3.63, 3.8) is 0 Å². The fraction of sp³-hybridized carbons (Fsp3) is 0.556. The monoisotopic (exact) mass is 297 g/mol. The molecule has 4 heteroatoms. The summed E-state index contributed by atoms with van der Waals surface area (Å²) in [7, 11) is 0. The number of hydrogen-bond donors (Lipinski definition) is 1. The first kappa shape index (κ1) is 14.9. The van der Waals surface area contributed by atoms with E-state index >= 15 is 0 Å². The van der Waals surface area contributed by atoms with Gasteiger partial charge in [0.05, 0.1) is 12.6 Å². The van der Waals surface area contributed by atoms with E-state index in [1.807, 2.05) is 6.07 Å². The number of benzene rings is 1.